The quantitative estimate of drug-likeness (QED) is 0.514. The molecule has 0 saturated carbocycles. The molecule has 0 fully saturated rings. The number of hydrogen-bond acceptors (Lipinski definition) is 6. The van der Waals surface area contributed by atoms with Gasteiger partial charge in [-0.3, -0.25) is 4.79 Å². The lowest BCUT2D eigenvalue weighted by Gasteiger charge is -2.21. The van der Waals surface area contributed by atoms with Gasteiger partial charge in [-0.25, -0.2) is 13.2 Å². The molecule has 0 radical (unpaired) electrons. The van der Waals surface area contributed by atoms with E-state index in [-0.39, 0.29) is 10.9 Å². The van der Waals surface area contributed by atoms with E-state index in [1.54, 1.807) is 13.8 Å². The van der Waals surface area contributed by atoms with Gasteiger partial charge in [0.2, 0.25) is 10.0 Å². The summed E-state index contributed by atoms with van der Waals surface area (Å²) < 4.78 is 31.5. The van der Waals surface area contributed by atoms with E-state index in [0.717, 1.165) is 42.5 Å². The van der Waals surface area contributed by atoms with Crippen LogP contribution in [0.3, 0.4) is 0 Å². The Kier molecular flexibility index (Phi) is 7.18. The van der Waals surface area contributed by atoms with Gasteiger partial charge in [-0.05, 0) is 69.4 Å². The number of methoxy groups -OCH3 is 1. The Hall–Kier alpha value is -2.23. The molecule has 0 atom stereocenters. The number of benzene rings is 1. The average molecular weight is 465 g/mol. The predicted molar refractivity (Wildman–Crippen MR) is 121 cm³/mol. The van der Waals surface area contributed by atoms with E-state index in [1.165, 1.54) is 54.1 Å². The number of sulfonamides is 1. The van der Waals surface area contributed by atoms with Crippen molar-refractivity contribution in [2.24, 2.45) is 0 Å². The summed E-state index contributed by atoms with van der Waals surface area (Å²) in [7, 11) is -0.765. The molecule has 7 nitrogen and oxygen atoms in total. The molecule has 1 amide bonds. The monoisotopic (exact) mass is 464 g/mol. The van der Waals surface area contributed by atoms with E-state index in [4.69, 9.17) is 4.74 Å². The summed E-state index contributed by atoms with van der Waals surface area (Å²) in [5.41, 5.74) is 1.73. The number of amides is 1. The third-order valence-corrected chi connectivity index (χ3v) is 8.81. The van der Waals surface area contributed by atoms with Crippen LogP contribution in [0, 0.1) is 0 Å². The second-order valence-corrected chi connectivity index (χ2v) is 11.0. The Morgan fingerprint density at radius 3 is 2.35 bits per heavy atom. The van der Waals surface area contributed by atoms with Crippen LogP contribution in [-0.2, 0) is 27.6 Å². The van der Waals surface area contributed by atoms with Crippen LogP contribution in [0.4, 0.5) is 5.00 Å². The molecular weight excluding hydrogens is 436 g/mol. The maximum atomic E-state index is 12.8. The highest BCUT2D eigenvalue weighted by Gasteiger charge is 2.27. The van der Waals surface area contributed by atoms with Crippen molar-refractivity contribution in [1.82, 2.24) is 4.31 Å². The number of nitrogens with zero attached hydrogens (tertiary/aromatic N) is 1. The number of nitrogens with one attached hydrogen (secondary N) is 1. The highest BCUT2D eigenvalue weighted by atomic mass is 32.2. The van der Waals surface area contributed by atoms with Crippen molar-refractivity contribution in [1.29, 1.82) is 0 Å². The van der Waals surface area contributed by atoms with E-state index in [1.807, 2.05) is 0 Å². The Morgan fingerprint density at radius 2 is 1.74 bits per heavy atom. The first-order valence-corrected chi connectivity index (χ1v) is 12.5. The summed E-state index contributed by atoms with van der Waals surface area (Å²) in [6.45, 7) is 3.59. The third-order valence-electron chi connectivity index (χ3n) is 5.56. The Labute approximate surface area is 187 Å². The van der Waals surface area contributed by atoms with E-state index in [0.29, 0.717) is 16.1 Å². The number of ether oxygens (including phenoxy) is 1. The molecule has 0 bridgehead atoms. The van der Waals surface area contributed by atoms with Crippen molar-refractivity contribution >= 4 is 38.2 Å². The summed E-state index contributed by atoms with van der Waals surface area (Å²) >= 11 is 1.42. The van der Waals surface area contributed by atoms with Gasteiger partial charge in [0.25, 0.3) is 5.91 Å². The first-order valence-electron chi connectivity index (χ1n) is 10.3. The van der Waals surface area contributed by atoms with Gasteiger partial charge in [-0.15, -0.1) is 11.3 Å². The van der Waals surface area contributed by atoms with Gasteiger partial charge in [-0.2, -0.15) is 4.31 Å². The minimum absolute atomic E-state index is 0.123. The van der Waals surface area contributed by atoms with Crippen LogP contribution in [-0.4, -0.2) is 44.8 Å². The average Bonchev–Trinajstić information content (AvgIpc) is 2.92. The zero-order chi connectivity index (χ0) is 22.8. The van der Waals surface area contributed by atoms with E-state index in [2.05, 4.69) is 5.32 Å². The molecule has 0 saturated heterocycles. The van der Waals surface area contributed by atoms with Crippen LogP contribution in [0.5, 0.6) is 0 Å². The lowest BCUT2D eigenvalue weighted by molar-refractivity contribution is 0.0601. The highest BCUT2D eigenvalue weighted by Crippen LogP contribution is 2.38. The molecule has 3 rings (SSSR count). The third kappa shape index (κ3) is 4.83. The number of esters is 1. The summed E-state index contributed by atoms with van der Waals surface area (Å²) in [6.07, 6.45) is 4.85. The molecule has 1 aromatic heterocycles. The number of hydrogen-bond donors (Lipinski definition) is 1. The van der Waals surface area contributed by atoms with Crippen molar-refractivity contribution in [3.8, 4) is 0 Å². The van der Waals surface area contributed by atoms with Crippen LogP contribution < -0.4 is 5.32 Å². The molecule has 1 aliphatic rings. The Bertz CT molecular complexity index is 1070. The van der Waals surface area contributed by atoms with Gasteiger partial charge < -0.3 is 10.1 Å². The highest BCUT2D eigenvalue weighted by molar-refractivity contribution is 7.89. The summed E-state index contributed by atoms with van der Waals surface area (Å²) in [5, 5.41) is 3.32. The molecule has 31 heavy (non-hydrogen) atoms. The molecule has 0 unspecified atom stereocenters. The standard InChI is InChI=1S/C22H28N2O5S2/c1-14(2)24(3)31(27,28)16-12-10-15(11-13-16)20(25)23-21-19(22(26)29-4)17-8-6-5-7-9-18(17)30-21/h10-14H,5-9H2,1-4H3,(H,23,25). The molecule has 1 N–H and O–H groups in total. The fourth-order valence-corrected chi connectivity index (χ4v) is 6.19. The second kappa shape index (κ2) is 9.50. The van der Waals surface area contributed by atoms with Crippen molar-refractivity contribution < 1.29 is 22.7 Å². The van der Waals surface area contributed by atoms with Crippen LogP contribution in [0.2, 0.25) is 0 Å². The van der Waals surface area contributed by atoms with Gasteiger partial charge in [0.1, 0.15) is 5.00 Å². The van der Waals surface area contributed by atoms with Crippen molar-refractivity contribution in [2.45, 2.75) is 56.9 Å². The molecule has 0 aliphatic heterocycles. The topological polar surface area (TPSA) is 92.8 Å². The first kappa shape index (κ1) is 23.4. The molecule has 1 aliphatic carbocycles. The van der Waals surface area contributed by atoms with Crippen molar-refractivity contribution in [3.63, 3.8) is 0 Å². The molecule has 1 aromatic carbocycles. The number of aryl methyl sites for hydroxylation is 1. The number of rotatable bonds is 6. The number of fused-ring (bicyclic) bond motifs is 1. The summed E-state index contributed by atoms with van der Waals surface area (Å²) in [5.74, 6) is -0.851. The number of carbonyl (C=O) groups excluding carboxylic acids is 2. The number of anilines is 1. The SMILES string of the molecule is COC(=O)c1c(NC(=O)c2ccc(S(=O)(=O)N(C)C(C)C)cc2)sc2c1CCCCC2. The summed E-state index contributed by atoms with van der Waals surface area (Å²) in [6, 6.07) is 5.63. The van der Waals surface area contributed by atoms with Crippen LogP contribution >= 0.6 is 11.3 Å². The van der Waals surface area contributed by atoms with Gasteiger partial charge in [0.05, 0.1) is 17.6 Å². The second-order valence-electron chi connectivity index (χ2n) is 7.85. The normalized spacial score (nSPS) is 14.3. The van der Waals surface area contributed by atoms with E-state index < -0.39 is 21.9 Å². The Balaban J connectivity index is 1.86. The van der Waals surface area contributed by atoms with E-state index in [9.17, 15) is 18.0 Å². The predicted octanol–water partition coefficient (Wildman–Crippen LogP) is 4.08. The lowest BCUT2D eigenvalue weighted by atomic mass is 10.1. The van der Waals surface area contributed by atoms with Gasteiger partial charge in [0, 0.05) is 23.5 Å². The van der Waals surface area contributed by atoms with Crippen LogP contribution in [0.25, 0.3) is 0 Å². The lowest BCUT2D eigenvalue weighted by Crippen LogP contribution is -2.33. The minimum Gasteiger partial charge on any atom is -0.465 e. The molecule has 2 aromatic rings. The molecule has 0 spiro atoms. The fraction of sp³-hybridized carbons (Fsp3) is 0.455. The summed E-state index contributed by atoms with van der Waals surface area (Å²) in [4.78, 5) is 26.5. The fourth-order valence-electron chi connectivity index (χ4n) is 3.55. The van der Waals surface area contributed by atoms with Crippen LogP contribution in [0.1, 0.15) is 64.3 Å². The van der Waals surface area contributed by atoms with Gasteiger partial charge in [0.15, 0.2) is 0 Å². The largest absolute Gasteiger partial charge is 0.465 e. The van der Waals surface area contributed by atoms with Crippen LogP contribution in [0.15, 0.2) is 29.2 Å². The molecular formula is C22H28N2O5S2. The molecule has 1 heterocycles. The smallest absolute Gasteiger partial charge is 0.341 e. The zero-order valence-corrected chi connectivity index (χ0v) is 19.9. The number of carbonyl (C=O) groups is 2. The maximum absolute atomic E-state index is 12.8. The first-order chi connectivity index (χ1) is 14.7. The zero-order valence-electron chi connectivity index (χ0n) is 18.2. The number of thiophene rings is 1. The minimum atomic E-state index is -3.62. The Morgan fingerprint density at radius 1 is 1.10 bits per heavy atom. The van der Waals surface area contributed by atoms with E-state index >= 15 is 0 Å². The van der Waals surface area contributed by atoms with Crippen molar-refractivity contribution in [2.75, 3.05) is 19.5 Å². The maximum Gasteiger partial charge on any atom is 0.341 e. The van der Waals surface area contributed by atoms with Crippen molar-refractivity contribution in [3.05, 3.63) is 45.8 Å². The molecule has 9 heteroatoms. The van der Waals surface area contributed by atoms with Gasteiger partial charge >= 0.3 is 5.97 Å². The molecule has 168 valence electrons. The van der Waals surface area contributed by atoms with Gasteiger partial charge in [-0.1, -0.05) is 6.42 Å².